The van der Waals surface area contributed by atoms with Crippen molar-refractivity contribution in [3.63, 3.8) is 0 Å². The Bertz CT molecular complexity index is 2070. The van der Waals surface area contributed by atoms with Crippen molar-refractivity contribution in [1.29, 1.82) is 0 Å². The van der Waals surface area contributed by atoms with E-state index in [2.05, 4.69) is 34.6 Å². The molecule has 0 fully saturated rings. The fraction of sp³-hybridized carbons (Fsp3) is 0.956. The van der Waals surface area contributed by atoms with Crippen LogP contribution in [0.5, 0.6) is 0 Å². The second-order valence-corrected chi connectivity index (χ2v) is 35.7. The van der Waals surface area contributed by atoms with Crippen LogP contribution in [0.4, 0.5) is 0 Å². The molecule has 0 heterocycles. The summed E-state index contributed by atoms with van der Waals surface area (Å²) in [5, 5.41) is 10.7. The molecule has 0 aliphatic heterocycles. The minimum atomic E-state index is -4.97. The van der Waals surface area contributed by atoms with Crippen molar-refractivity contribution < 1.29 is 80.2 Å². The van der Waals surface area contributed by atoms with E-state index >= 15 is 0 Å². The summed E-state index contributed by atoms with van der Waals surface area (Å²) in [5.74, 6) is -1.29. The molecule has 648 valence electrons. The normalized spacial score (nSPS) is 13.7. The maximum atomic E-state index is 13.2. The summed E-state index contributed by atoms with van der Waals surface area (Å²) in [6.07, 6.45) is 77.8. The van der Waals surface area contributed by atoms with E-state index in [4.69, 9.17) is 37.0 Å². The molecule has 17 nitrogen and oxygen atoms in total. The van der Waals surface area contributed by atoms with Gasteiger partial charge in [-0.05, 0) is 31.6 Å². The maximum absolute atomic E-state index is 13.2. The first-order chi connectivity index (χ1) is 53.0. The summed E-state index contributed by atoms with van der Waals surface area (Å²) in [7, 11) is -9.93. The van der Waals surface area contributed by atoms with Gasteiger partial charge in [-0.1, -0.05) is 439 Å². The number of phosphoric ester groups is 2. The Hall–Kier alpha value is -1.94. The van der Waals surface area contributed by atoms with Crippen molar-refractivity contribution in [2.45, 2.75) is 509 Å². The molecule has 0 radical (unpaired) electrons. The number of unbranched alkanes of at least 4 members (excludes halogenated alkanes) is 62. The molecule has 109 heavy (non-hydrogen) atoms. The van der Waals surface area contributed by atoms with Crippen molar-refractivity contribution >= 4 is 39.5 Å². The Balaban J connectivity index is 5.24. The molecule has 0 saturated heterocycles. The molecule has 0 spiro atoms. The second-order valence-electron chi connectivity index (χ2n) is 32.8. The standard InChI is InChI=1S/C90H176O17P2/c1-6-9-12-15-18-21-24-27-29-31-32-33-34-35-37-41-46-51-56-61-66-71-76-90(95)107-86(80-101-88(93)74-69-64-59-54-49-44-42-38-39-43-47-52-57-62-67-72-83(4)5)82-105-109(98,99)103-78-84(91)77-102-108(96,97)104-81-85(79-100-87(92)73-68-63-58-53-48-26-23-20-17-14-11-8-3)106-89(94)75-70-65-60-55-50-45-40-36-30-28-25-22-19-16-13-10-7-2/h83-86,91H,6-82H2,1-5H3,(H,96,97)(H,98,99)/t84-,85+,86+/m0/s1. The van der Waals surface area contributed by atoms with Crippen molar-refractivity contribution in [3.8, 4) is 0 Å². The van der Waals surface area contributed by atoms with Gasteiger partial charge in [0.05, 0.1) is 26.4 Å². The van der Waals surface area contributed by atoms with Crippen molar-refractivity contribution in [2.24, 2.45) is 5.92 Å². The summed E-state index contributed by atoms with van der Waals surface area (Å²) < 4.78 is 69.1. The zero-order chi connectivity index (χ0) is 79.7. The number of esters is 4. The zero-order valence-electron chi connectivity index (χ0n) is 71.7. The molecule has 0 rings (SSSR count). The van der Waals surface area contributed by atoms with Gasteiger partial charge in [-0.25, -0.2) is 9.13 Å². The van der Waals surface area contributed by atoms with E-state index in [1.807, 2.05) is 0 Å². The molecular weight excluding hydrogens is 1410 g/mol. The average Bonchev–Trinajstić information content (AvgIpc) is 0.900. The van der Waals surface area contributed by atoms with Gasteiger partial charge in [-0.3, -0.25) is 37.3 Å². The second kappa shape index (κ2) is 82.6. The lowest BCUT2D eigenvalue weighted by molar-refractivity contribution is -0.161. The number of aliphatic hydroxyl groups excluding tert-OH is 1. The molecule has 0 aliphatic carbocycles. The van der Waals surface area contributed by atoms with E-state index in [1.54, 1.807) is 0 Å². The Morgan fingerprint density at radius 3 is 0.624 bits per heavy atom. The van der Waals surface area contributed by atoms with E-state index < -0.39 is 97.5 Å². The highest BCUT2D eigenvalue weighted by Crippen LogP contribution is 2.45. The number of rotatable bonds is 90. The van der Waals surface area contributed by atoms with Crippen LogP contribution in [0.2, 0.25) is 0 Å². The quantitative estimate of drug-likeness (QED) is 0.0222. The van der Waals surface area contributed by atoms with Gasteiger partial charge in [0, 0.05) is 25.7 Å². The van der Waals surface area contributed by atoms with E-state index in [0.717, 1.165) is 95.8 Å². The van der Waals surface area contributed by atoms with Gasteiger partial charge in [0.25, 0.3) is 0 Å². The number of hydrogen-bond acceptors (Lipinski definition) is 15. The van der Waals surface area contributed by atoms with Gasteiger partial charge in [-0.15, -0.1) is 0 Å². The van der Waals surface area contributed by atoms with Crippen LogP contribution < -0.4 is 0 Å². The first-order valence-corrected chi connectivity index (χ1v) is 49.6. The highest BCUT2D eigenvalue weighted by Gasteiger charge is 2.31. The maximum Gasteiger partial charge on any atom is 0.472 e. The first-order valence-electron chi connectivity index (χ1n) is 46.6. The highest BCUT2D eigenvalue weighted by atomic mass is 31.2. The molecular formula is C90H176O17P2. The Kier molecular flexibility index (Phi) is 81.1. The topological polar surface area (TPSA) is 237 Å². The average molecular weight is 1590 g/mol. The lowest BCUT2D eigenvalue weighted by Gasteiger charge is -2.21. The van der Waals surface area contributed by atoms with Crippen LogP contribution in [0.25, 0.3) is 0 Å². The Morgan fingerprint density at radius 1 is 0.248 bits per heavy atom. The molecule has 0 aromatic rings. The number of phosphoric acid groups is 2. The summed E-state index contributed by atoms with van der Waals surface area (Å²) in [6, 6.07) is 0. The highest BCUT2D eigenvalue weighted by molar-refractivity contribution is 7.47. The van der Waals surface area contributed by atoms with Gasteiger partial charge >= 0.3 is 39.5 Å². The number of carbonyl (C=O) groups excluding carboxylic acids is 4. The predicted molar refractivity (Wildman–Crippen MR) is 451 cm³/mol. The number of carbonyl (C=O) groups is 4. The Labute approximate surface area is 670 Å². The van der Waals surface area contributed by atoms with Gasteiger partial charge in [0.15, 0.2) is 12.2 Å². The van der Waals surface area contributed by atoms with Gasteiger partial charge < -0.3 is 33.8 Å². The third kappa shape index (κ3) is 83.8. The fourth-order valence-electron chi connectivity index (χ4n) is 14.2. The largest absolute Gasteiger partial charge is 0.472 e. The molecule has 2 unspecified atom stereocenters. The van der Waals surface area contributed by atoms with Crippen LogP contribution >= 0.6 is 15.6 Å². The van der Waals surface area contributed by atoms with Crippen molar-refractivity contribution in [1.82, 2.24) is 0 Å². The van der Waals surface area contributed by atoms with Crippen LogP contribution in [0, 0.1) is 5.92 Å². The van der Waals surface area contributed by atoms with Crippen LogP contribution in [-0.4, -0.2) is 96.7 Å². The number of ether oxygens (including phenoxy) is 4. The van der Waals surface area contributed by atoms with Gasteiger partial charge in [0.1, 0.15) is 19.3 Å². The lowest BCUT2D eigenvalue weighted by atomic mass is 10.0. The molecule has 0 amide bonds. The summed E-state index contributed by atoms with van der Waals surface area (Å²) in [5.41, 5.74) is 0. The van der Waals surface area contributed by atoms with Crippen molar-refractivity contribution in [3.05, 3.63) is 0 Å². The van der Waals surface area contributed by atoms with Crippen LogP contribution in [0.3, 0.4) is 0 Å². The lowest BCUT2D eigenvalue weighted by Crippen LogP contribution is -2.30. The summed E-state index contributed by atoms with van der Waals surface area (Å²) in [4.78, 5) is 73.4. The molecule has 19 heteroatoms. The monoisotopic (exact) mass is 1590 g/mol. The van der Waals surface area contributed by atoms with Gasteiger partial charge in [-0.2, -0.15) is 0 Å². The smallest absolute Gasteiger partial charge is 0.462 e. The molecule has 0 aliphatic rings. The molecule has 3 N–H and O–H groups in total. The first kappa shape index (κ1) is 107. The third-order valence-corrected chi connectivity index (χ3v) is 23.2. The molecule has 0 bridgehead atoms. The van der Waals surface area contributed by atoms with E-state index in [9.17, 15) is 43.2 Å². The molecule has 5 atom stereocenters. The number of hydrogen-bond donors (Lipinski definition) is 3. The number of aliphatic hydroxyl groups is 1. The minimum Gasteiger partial charge on any atom is -0.462 e. The summed E-state index contributed by atoms with van der Waals surface area (Å²) >= 11 is 0. The SMILES string of the molecule is CCCCCCCCCCCCCCCCCCCCCCCCC(=O)O[C@H](COC(=O)CCCCCCCCCCCCCCCCCC(C)C)COP(=O)(O)OC[C@@H](O)COP(=O)(O)OC[C@@H](COC(=O)CCCCCCCCCCCCCC)OC(=O)CCCCCCCCCCCCCCCCCCC. The Morgan fingerprint density at radius 2 is 0.422 bits per heavy atom. The van der Waals surface area contributed by atoms with Gasteiger partial charge in [0.2, 0.25) is 0 Å². The predicted octanol–water partition coefficient (Wildman–Crippen LogP) is 27.9. The molecule has 0 saturated carbocycles. The van der Waals surface area contributed by atoms with Crippen LogP contribution in [0.15, 0.2) is 0 Å². The van der Waals surface area contributed by atoms with E-state index in [1.165, 1.54) is 315 Å². The molecule has 0 aromatic heterocycles. The van der Waals surface area contributed by atoms with Crippen molar-refractivity contribution in [2.75, 3.05) is 39.6 Å². The van der Waals surface area contributed by atoms with Crippen LogP contribution in [-0.2, 0) is 65.4 Å². The van der Waals surface area contributed by atoms with E-state index in [0.29, 0.717) is 25.7 Å². The third-order valence-electron chi connectivity index (χ3n) is 21.3. The zero-order valence-corrected chi connectivity index (χ0v) is 73.5. The van der Waals surface area contributed by atoms with E-state index in [-0.39, 0.29) is 25.7 Å². The van der Waals surface area contributed by atoms with Crippen LogP contribution in [0.1, 0.15) is 490 Å². The summed E-state index contributed by atoms with van der Waals surface area (Å²) in [6.45, 7) is 7.42. The minimum absolute atomic E-state index is 0.109. The molecule has 0 aromatic carbocycles. The fourth-order valence-corrected chi connectivity index (χ4v) is 15.8.